The molecule has 4 rings (SSSR count). The number of halogens is 1. The number of fused-ring (bicyclic) bond motifs is 1. The number of rotatable bonds is 4. The molecule has 11 heteroatoms. The first-order chi connectivity index (χ1) is 20.0. The van der Waals surface area contributed by atoms with Gasteiger partial charge in [-0.1, -0.05) is 24.3 Å². The van der Waals surface area contributed by atoms with Crippen molar-refractivity contribution < 1.29 is 23.5 Å². The number of amides is 3. The normalized spacial score (nSPS) is 28.4. The number of benzene rings is 1. The van der Waals surface area contributed by atoms with Gasteiger partial charge >= 0.3 is 0 Å². The summed E-state index contributed by atoms with van der Waals surface area (Å²) in [5, 5.41) is 16.9. The topological polar surface area (TPSA) is 150 Å². The van der Waals surface area contributed by atoms with E-state index in [0.717, 1.165) is 24.0 Å². The van der Waals surface area contributed by atoms with Gasteiger partial charge in [-0.25, -0.2) is 4.39 Å². The molecule has 42 heavy (non-hydrogen) atoms. The molecule has 1 aliphatic heterocycles. The fraction of sp³-hybridized carbons (Fsp3) is 0.548. The lowest BCUT2D eigenvalue weighted by atomic mass is 9.80. The molecular weight excluding hydrogens is 539 g/mol. The smallest absolute Gasteiger partial charge is 0.243 e. The molecule has 1 saturated carbocycles. The molecule has 0 radical (unpaired) electrons. The molecule has 3 amide bonds. The molecule has 6 N–H and O–H groups in total. The van der Waals surface area contributed by atoms with Gasteiger partial charge in [-0.05, 0) is 69.1 Å². The number of hydrogen-bond donors (Lipinski definition) is 5. The first-order valence-electron chi connectivity index (χ1n) is 14.7. The van der Waals surface area contributed by atoms with Gasteiger partial charge in [0.25, 0.3) is 0 Å². The monoisotopic (exact) mass is 582 g/mol. The number of amidine groups is 1. The number of nitrogens with one attached hydrogen (secondary N) is 4. The minimum atomic E-state index is -0.873. The van der Waals surface area contributed by atoms with Crippen molar-refractivity contribution in [3.8, 4) is 5.75 Å². The van der Waals surface area contributed by atoms with E-state index in [2.05, 4.69) is 16.0 Å². The van der Waals surface area contributed by atoms with Crippen molar-refractivity contribution in [1.29, 1.82) is 5.41 Å². The van der Waals surface area contributed by atoms with Crippen LogP contribution in [0.15, 0.2) is 42.0 Å². The summed E-state index contributed by atoms with van der Waals surface area (Å²) in [6.45, 7) is 4.51. The highest BCUT2D eigenvalue weighted by molar-refractivity contribution is 5.93. The highest BCUT2D eigenvalue weighted by Crippen LogP contribution is 2.34. The summed E-state index contributed by atoms with van der Waals surface area (Å²) in [5.41, 5.74) is 6.85. The number of hydrogen-bond acceptors (Lipinski definition) is 6. The third kappa shape index (κ3) is 7.76. The molecule has 1 aromatic carbocycles. The summed E-state index contributed by atoms with van der Waals surface area (Å²) in [6.07, 6.45) is 9.38. The maximum Gasteiger partial charge on any atom is 0.243 e. The average Bonchev–Trinajstić information content (AvgIpc) is 3.80. The lowest BCUT2D eigenvalue weighted by Crippen LogP contribution is -2.56. The second-order valence-corrected chi connectivity index (χ2v) is 11.8. The Balaban J connectivity index is 1.54. The van der Waals surface area contributed by atoms with Crippen LogP contribution in [0.1, 0.15) is 51.5 Å². The molecule has 10 nitrogen and oxygen atoms in total. The van der Waals surface area contributed by atoms with Gasteiger partial charge in [-0.15, -0.1) is 0 Å². The third-order valence-electron chi connectivity index (χ3n) is 8.48. The van der Waals surface area contributed by atoms with E-state index in [1.807, 2.05) is 25.2 Å². The standard InChI is InChI=1S/C31H43FN6O4/c1-19-27(39)37-24(17-20-10-12-31(2,13-11-20)30(33)34)28(40)36-14-4-5-21-8-9-23(32)18-25(21)42-16-15-35-26(22-6-7-22)29(41)38(19)3/h8-12,18-19,22,24,26,35H,4-7,13-17H2,1-3H3,(H3,33,34)(H,36,40)(H,37,39)/t19-,24-,26+,31?/m1/s1. The maximum atomic E-state index is 14.0. The number of allylic oxidation sites excluding steroid dienone is 2. The molecule has 3 aliphatic rings. The zero-order valence-electron chi connectivity index (χ0n) is 24.7. The maximum absolute atomic E-state index is 14.0. The van der Waals surface area contributed by atoms with E-state index >= 15 is 0 Å². The first-order valence-corrected chi connectivity index (χ1v) is 14.7. The number of carbonyl (C=O) groups excluding carboxylic acids is 3. The van der Waals surface area contributed by atoms with Crippen molar-refractivity contribution in [3.63, 3.8) is 0 Å². The van der Waals surface area contributed by atoms with Crippen LogP contribution >= 0.6 is 0 Å². The SMILES string of the molecule is C[C@@H]1C(=O)N[C@H](CC2=CCC(C)(C(=N)N)C=C2)C(=O)NCCCc2ccc(F)cc2OCCN[C@@H](C2CC2)C(=O)N1C. The molecule has 1 aromatic rings. The van der Waals surface area contributed by atoms with Crippen LogP contribution < -0.4 is 26.4 Å². The van der Waals surface area contributed by atoms with Crippen molar-refractivity contribution >= 4 is 23.6 Å². The van der Waals surface area contributed by atoms with E-state index in [1.54, 1.807) is 20.0 Å². The molecule has 1 heterocycles. The summed E-state index contributed by atoms with van der Waals surface area (Å²) < 4.78 is 19.9. The van der Waals surface area contributed by atoms with Gasteiger partial charge in [0, 0.05) is 38.0 Å². The zero-order chi connectivity index (χ0) is 30.4. The molecular formula is C31H43FN6O4. The Kier molecular flexibility index (Phi) is 10.0. The second-order valence-electron chi connectivity index (χ2n) is 11.8. The second kappa shape index (κ2) is 13.5. The van der Waals surface area contributed by atoms with Crippen LogP contribution in [-0.4, -0.2) is 73.3 Å². The van der Waals surface area contributed by atoms with Gasteiger partial charge in [0.2, 0.25) is 17.7 Å². The summed E-state index contributed by atoms with van der Waals surface area (Å²) in [7, 11) is 1.60. The molecule has 0 saturated heterocycles. The van der Waals surface area contributed by atoms with Gasteiger partial charge in [-0.2, -0.15) is 0 Å². The van der Waals surface area contributed by atoms with Gasteiger partial charge in [0.1, 0.15) is 36.1 Å². The van der Waals surface area contributed by atoms with E-state index in [4.69, 9.17) is 15.9 Å². The number of likely N-dealkylation sites (N-methyl/N-ethyl adjacent to an activating group) is 1. The fourth-order valence-electron chi connectivity index (χ4n) is 5.19. The molecule has 4 atom stereocenters. The lowest BCUT2D eigenvalue weighted by molar-refractivity contribution is -0.141. The van der Waals surface area contributed by atoms with E-state index in [9.17, 15) is 18.8 Å². The van der Waals surface area contributed by atoms with E-state index in [1.165, 1.54) is 17.0 Å². The minimum Gasteiger partial charge on any atom is -0.492 e. The Morgan fingerprint density at radius 1 is 1.21 bits per heavy atom. The largest absolute Gasteiger partial charge is 0.492 e. The van der Waals surface area contributed by atoms with Gasteiger partial charge < -0.3 is 31.3 Å². The van der Waals surface area contributed by atoms with Crippen LogP contribution in [0.4, 0.5) is 4.39 Å². The highest BCUT2D eigenvalue weighted by atomic mass is 19.1. The molecule has 1 fully saturated rings. The van der Waals surface area contributed by atoms with Crippen LogP contribution in [-0.2, 0) is 20.8 Å². The van der Waals surface area contributed by atoms with Crippen molar-refractivity contribution in [1.82, 2.24) is 20.9 Å². The quantitative estimate of drug-likeness (QED) is 0.271. The first kappa shape index (κ1) is 31.2. The number of carbonyl (C=O) groups is 3. The van der Waals surface area contributed by atoms with E-state index in [0.29, 0.717) is 38.1 Å². The Morgan fingerprint density at radius 3 is 2.64 bits per heavy atom. The van der Waals surface area contributed by atoms with Crippen molar-refractivity contribution in [3.05, 3.63) is 53.4 Å². The van der Waals surface area contributed by atoms with Gasteiger partial charge in [0.15, 0.2) is 0 Å². The molecule has 0 aromatic heterocycles. The van der Waals surface area contributed by atoms with Crippen molar-refractivity contribution in [2.24, 2.45) is 17.1 Å². The van der Waals surface area contributed by atoms with E-state index in [-0.39, 0.29) is 36.6 Å². The molecule has 2 aliphatic carbocycles. The Labute approximate surface area is 246 Å². The van der Waals surface area contributed by atoms with Crippen LogP contribution in [0.5, 0.6) is 5.75 Å². The predicted molar refractivity (Wildman–Crippen MR) is 158 cm³/mol. The van der Waals surface area contributed by atoms with Gasteiger partial charge in [-0.3, -0.25) is 19.8 Å². The minimum absolute atomic E-state index is 0.0616. The van der Waals surface area contributed by atoms with Crippen LogP contribution in [0.2, 0.25) is 0 Å². The van der Waals surface area contributed by atoms with Crippen LogP contribution in [0.25, 0.3) is 0 Å². The highest BCUT2D eigenvalue weighted by Gasteiger charge is 2.39. The Hall–Kier alpha value is -3.73. The van der Waals surface area contributed by atoms with Crippen molar-refractivity contribution in [2.75, 3.05) is 26.7 Å². The number of nitrogens with two attached hydrogens (primary N) is 1. The van der Waals surface area contributed by atoms with Crippen LogP contribution in [0, 0.1) is 22.6 Å². The Bertz CT molecular complexity index is 1260. The summed E-state index contributed by atoms with van der Waals surface area (Å²) in [5.74, 6) is -0.672. The summed E-state index contributed by atoms with van der Waals surface area (Å²) >= 11 is 0. The Morgan fingerprint density at radius 2 is 1.98 bits per heavy atom. The summed E-state index contributed by atoms with van der Waals surface area (Å²) in [6, 6.07) is 2.29. The molecule has 0 spiro atoms. The fourth-order valence-corrected chi connectivity index (χ4v) is 5.19. The number of aryl methyl sites for hydroxylation is 1. The lowest BCUT2D eigenvalue weighted by Gasteiger charge is -2.31. The predicted octanol–water partition coefficient (Wildman–Crippen LogP) is 2.19. The van der Waals surface area contributed by atoms with Gasteiger partial charge in [0.05, 0.1) is 6.04 Å². The number of ether oxygens (including phenoxy) is 1. The number of nitrogens with zero attached hydrogens (tertiary/aromatic N) is 1. The van der Waals surface area contributed by atoms with E-state index < -0.39 is 35.3 Å². The molecule has 0 bridgehead atoms. The third-order valence-corrected chi connectivity index (χ3v) is 8.48. The van der Waals surface area contributed by atoms with Crippen molar-refractivity contribution in [2.45, 2.75) is 70.5 Å². The molecule has 1 unspecified atom stereocenters. The van der Waals surface area contributed by atoms with Crippen LogP contribution in [0.3, 0.4) is 0 Å². The summed E-state index contributed by atoms with van der Waals surface area (Å²) in [4.78, 5) is 41.6. The average molecular weight is 583 g/mol. The zero-order valence-corrected chi connectivity index (χ0v) is 24.7. The molecule has 228 valence electrons.